The third-order valence-electron chi connectivity index (χ3n) is 4.63. The molecule has 5 N–H and O–H groups in total. The maximum absolute atomic E-state index is 14.1. The molecular weight excluding hydrogens is 429 g/mol. The number of nitrogens with one attached hydrogen (secondary N) is 2. The number of H-pyrrole nitrogens is 1. The van der Waals surface area contributed by atoms with Crippen molar-refractivity contribution in [1.29, 1.82) is 0 Å². The van der Waals surface area contributed by atoms with E-state index < -0.39 is 35.5 Å². The van der Waals surface area contributed by atoms with Crippen LogP contribution in [-0.2, 0) is 11.2 Å². The fourth-order valence-electron chi connectivity index (χ4n) is 3.08. The third kappa shape index (κ3) is 5.80. The predicted molar refractivity (Wildman–Crippen MR) is 111 cm³/mol. The molecule has 2 aromatic carbocycles. The van der Waals surface area contributed by atoms with Crippen LogP contribution in [0.4, 0.5) is 4.39 Å². The Labute approximate surface area is 180 Å². The number of benzene rings is 2. The van der Waals surface area contributed by atoms with Gasteiger partial charge in [0.25, 0.3) is 5.91 Å². The summed E-state index contributed by atoms with van der Waals surface area (Å²) in [5.74, 6) is -3.04. The Kier molecular flexibility index (Phi) is 6.88. The Hall–Kier alpha value is -3.43. The normalized spacial score (nSPS) is 12.9. The minimum Gasteiger partial charge on any atom is -0.480 e. The Balaban J connectivity index is 1.78. The molecule has 10 heteroatoms. The van der Waals surface area contributed by atoms with Crippen molar-refractivity contribution < 1.29 is 23.5 Å². The molecular formula is C21H19ClFN3O5. The summed E-state index contributed by atoms with van der Waals surface area (Å²) in [5, 5.41) is 12.2. The molecule has 3 rings (SSSR count). The lowest BCUT2D eigenvalue weighted by atomic mass is 9.97. The number of carboxylic acids is 1. The number of carbonyl (C=O) groups excluding carboxylic acids is 1. The fraction of sp³-hybridized carbons (Fsp3) is 0.190. The van der Waals surface area contributed by atoms with Gasteiger partial charge in [-0.15, -0.1) is 0 Å². The zero-order valence-electron chi connectivity index (χ0n) is 16.1. The van der Waals surface area contributed by atoms with Gasteiger partial charge in [0.2, 0.25) is 0 Å². The molecule has 162 valence electrons. The van der Waals surface area contributed by atoms with Crippen LogP contribution in [0.5, 0.6) is 0 Å². The summed E-state index contributed by atoms with van der Waals surface area (Å²) in [6.07, 6.45) is 1.18. The second-order valence-corrected chi connectivity index (χ2v) is 7.37. The van der Waals surface area contributed by atoms with Gasteiger partial charge in [-0.1, -0.05) is 35.9 Å². The molecule has 0 aliphatic rings. The van der Waals surface area contributed by atoms with Crippen LogP contribution in [0.2, 0.25) is 5.02 Å². The van der Waals surface area contributed by atoms with E-state index in [0.717, 1.165) is 11.8 Å². The fourth-order valence-corrected chi connectivity index (χ4v) is 3.25. The van der Waals surface area contributed by atoms with Crippen molar-refractivity contribution in [1.82, 2.24) is 10.3 Å². The van der Waals surface area contributed by atoms with Gasteiger partial charge >= 0.3 is 11.7 Å². The number of rotatable bonds is 8. The predicted octanol–water partition coefficient (Wildman–Crippen LogP) is 2.57. The van der Waals surface area contributed by atoms with Crippen molar-refractivity contribution in [3.8, 4) is 11.1 Å². The quantitative estimate of drug-likeness (QED) is 0.418. The number of aliphatic carboxylic acids is 1. The van der Waals surface area contributed by atoms with Crippen LogP contribution in [0.15, 0.2) is 57.9 Å². The Morgan fingerprint density at radius 2 is 1.94 bits per heavy atom. The molecule has 0 radical (unpaired) electrons. The SMILES string of the molecule is N[C@H](C[C@@H](Cc1ccc(-c2cc(Cl)ccc2F)cc1)NC(=O)c1coc(=O)[nH]1)C(=O)O. The highest BCUT2D eigenvalue weighted by Crippen LogP contribution is 2.26. The van der Waals surface area contributed by atoms with Crippen LogP contribution in [0, 0.1) is 5.82 Å². The molecule has 3 aromatic rings. The molecule has 0 fully saturated rings. The van der Waals surface area contributed by atoms with E-state index in [2.05, 4.69) is 14.7 Å². The Morgan fingerprint density at radius 3 is 2.55 bits per heavy atom. The number of aromatic nitrogens is 1. The number of carboxylic acid groups (broad SMARTS) is 1. The number of oxazole rings is 1. The summed E-state index contributed by atoms with van der Waals surface area (Å²) in [7, 11) is 0. The Morgan fingerprint density at radius 1 is 1.23 bits per heavy atom. The number of carbonyl (C=O) groups is 2. The van der Waals surface area contributed by atoms with Gasteiger partial charge in [0.15, 0.2) is 0 Å². The second kappa shape index (κ2) is 9.59. The van der Waals surface area contributed by atoms with Gasteiger partial charge in [0, 0.05) is 16.6 Å². The van der Waals surface area contributed by atoms with Gasteiger partial charge in [-0.3, -0.25) is 14.6 Å². The molecule has 0 aliphatic heterocycles. The molecule has 1 amide bonds. The smallest absolute Gasteiger partial charge is 0.416 e. The molecule has 0 aliphatic carbocycles. The average Bonchev–Trinajstić information content (AvgIpc) is 3.17. The number of hydrogen-bond donors (Lipinski definition) is 4. The lowest BCUT2D eigenvalue weighted by molar-refractivity contribution is -0.138. The van der Waals surface area contributed by atoms with Crippen LogP contribution >= 0.6 is 11.6 Å². The molecule has 0 unspecified atom stereocenters. The lowest BCUT2D eigenvalue weighted by Crippen LogP contribution is -2.43. The first-order valence-corrected chi connectivity index (χ1v) is 9.62. The zero-order chi connectivity index (χ0) is 22.5. The highest BCUT2D eigenvalue weighted by Gasteiger charge is 2.22. The summed E-state index contributed by atoms with van der Waals surface area (Å²) >= 11 is 5.95. The van der Waals surface area contributed by atoms with E-state index in [4.69, 9.17) is 22.4 Å². The molecule has 8 nitrogen and oxygen atoms in total. The number of halogens is 2. The highest BCUT2D eigenvalue weighted by atomic mass is 35.5. The molecule has 2 atom stereocenters. The first kappa shape index (κ1) is 22.3. The van der Waals surface area contributed by atoms with Gasteiger partial charge in [-0.2, -0.15) is 0 Å². The van der Waals surface area contributed by atoms with Crippen molar-refractivity contribution >= 4 is 23.5 Å². The van der Waals surface area contributed by atoms with E-state index in [0.29, 0.717) is 16.1 Å². The maximum atomic E-state index is 14.1. The average molecular weight is 448 g/mol. The number of aromatic amines is 1. The first-order chi connectivity index (χ1) is 14.7. The van der Waals surface area contributed by atoms with Crippen molar-refractivity contribution in [3.05, 3.63) is 81.4 Å². The van der Waals surface area contributed by atoms with E-state index in [9.17, 15) is 18.8 Å². The van der Waals surface area contributed by atoms with Crippen LogP contribution in [0.25, 0.3) is 11.1 Å². The minimum absolute atomic E-state index is 0.0478. The lowest BCUT2D eigenvalue weighted by Gasteiger charge is -2.20. The third-order valence-corrected chi connectivity index (χ3v) is 4.87. The first-order valence-electron chi connectivity index (χ1n) is 9.24. The number of amides is 1. The van der Waals surface area contributed by atoms with E-state index in [1.165, 1.54) is 18.2 Å². The van der Waals surface area contributed by atoms with Crippen molar-refractivity contribution in [2.24, 2.45) is 5.73 Å². The summed E-state index contributed by atoms with van der Waals surface area (Å²) in [6.45, 7) is 0. The topological polar surface area (TPSA) is 138 Å². The highest BCUT2D eigenvalue weighted by molar-refractivity contribution is 6.30. The van der Waals surface area contributed by atoms with Crippen LogP contribution < -0.4 is 16.8 Å². The standard InChI is InChI=1S/C21H19ClFN3O5/c22-13-5-6-16(23)15(8-13)12-3-1-11(2-4-12)7-14(9-17(24)20(28)29)25-19(27)18-10-31-21(30)26-18/h1-6,8,10,14,17H,7,9,24H2,(H,25,27)(H,26,30)(H,28,29)/t14-,17-/m1/s1. The van der Waals surface area contributed by atoms with Crippen molar-refractivity contribution in [2.45, 2.75) is 24.9 Å². The van der Waals surface area contributed by atoms with Gasteiger partial charge in [-0.25, -0.2) is 9.18 Å². The summed E-state index contributed by atoms with van der Waals surface area (Å²) in [4.78, 5) is 36.8. The molecule has 31 heavy (non-hydrogen) atoms. The number of hydrogen-bond acceptors (Lipinski definition) is 5. The maximum Gasteiger partial charge on any atom is 0.416 e. The van der Waals surface area contributed by atoms with Crippen molar-refractivity contribution in [3.63, 3.8) is 0 Å². The van der Waals surface area contributed by atoms with Crippen molar-refractivity contribution in [2.75, 3.05) is 0 Å². The summed E-state index contributed by atoms with van der Waals surface area (Å²) in [6, 6.07) is 9.29. The molecule has 0 saturated carbocycles. The van der Waals surface area contributed by atoms with E-state index in [1.807, 2.05) is 0 Å². The van der Waals surface area contributed by atoms with Crippen LogP contribution in [-0.4, -0.2) is 34.1 Å². The van der Waals surface area contributed by atoms with Gasteiger partial charge < -0.3 is 20.6 Å². The van der Waals surface area contributed by atoms with Crippen LogP contribution in [0.1, 0.15) is 22.5 Å². The van der Waals surface area contributed by atoms with Crippen LogP contribution in [0.3, 0.4) is 0 Å². The Bertz CT molecular complexity index is 1140. The molecule has 1 heterocycles. The van der Waals surface area contributed by atoms with Gasteiger partial charge in [-0.05, 0) is 42.2 Å². The molecule has 0 bridgehead atoms. The largest absolute Gasteiger partial charge is 0.480 e. The number of nitrogens with two attached hydrogens (primary N) is 1. The molecule has 0 spiro atoms. The van der Waals surface area contributed by atoms with Gasteiger partial charge in [0.05, 0.1) is 0 Å². The monoisotopic (exact) mass is 447 g/mol. The van der Waals surface area contributed by atoms with E-state index >= 15 is 0 Å². The second-order valence-electron chi connectivity index (χ2n) is 6.94. The minimum atomic E-state index is -1.21. The summed E-state index contributed by atoms with van der Waals surface area (Å²) in [5.41, 5.74) is 7.27. The zero-order valence-corrected chi connectivity index (χ0v) is 16.9. The molecule has 0 saturated heterocycles. The van der Waals surface area contributed by atoms with E-state index in [1.54, 1.807) is 24.3 Å². The van der Waals surface area contributed by atoms with Gasteiger partial charge in [0.1, 0.15) is 23.8 Å². The molecule has 1 aromatic heterocycles. The van der Waals surface area contributed by atoms with E-state index in [-0.39, 0.29) is 18.5 Å². The summed E-state index contributed by atoms with van der Waals surface area (Å²) < 4.78 is 18.6.